The van der Waals surface area contributed by atoms with E-state index < -0.39 is 22.0 Å². The second-order valence-corrected chi connectivity index (χ2v) is 7.01. The van der Waals surface area contributed by atoms with Crippen molar-refractivity contribution in [3.63, 3.8) is 0 Å². The molecule has 0 radical (unpaired) electrons. The average molecular weight is 309 g/mol. The normalized spacial score (nSPS) is 13.2. The lowest BCUT2D eigenvalue weighted by Crippen LogP contribution is -2.33. The smallest absolute Gasteiger partial charge is 0.306 e. The summed E-state index contributed by atoms with van der Waals surface area (Å²) in [5.41, 5.74) is 0. The summed E-state index contributed by atoms with van der Waals surface area (Å²) in [4.78, 5) is 21.6. The van der Waals surface area contributed by atoms with Crippen LogP contribution in [0.25, 0.3) is 0 Å². The van der Waals surface area contributed by atoms with E-state index in [-0.39, 0.29) is 37.0 Å². The fourth-order valence-electron chi connectivity index (χ4n) is 1.79. The monoisotopic (exact) mass is 309 g/mol. The lowest BCUT2D eigenvalue weighted by atomic mass is 9.94. The molecule has 8 heteroatoms. The van der Waals surface area contributed by atoms with Crippen molar-refractivity contribution in [2.45, 2.75) is 33.1 Å². The molecule has 7 nitrogen and oxygen atoms in total. The summed E-state index contributed by atoms with van der Waals surface area (Å²) in [6, 6.07) is 0. The molecule has 0 aliphatic heterocycles. The van der Waals surface area contributed by atoms with Crippen molar-refractivity contribution in [2.24, 2.45) is 11.8 Å². The van der Waals surface area contributed by atoms with Gasteiger partial charge in [-0.2, -0.15) is 0 Å². The third-order valence-corrected chi connectivity index (χ3v) is 4.01. The average Bonchev–Trinajstić information content (AvgIpc) is 2.32. The summed E-state index contributed by atoms with van der Waals surface area (Å²) < 4.78 is 30.0. The third-order valence-electron chi connectivity index (χ3n) is 2.66. The van der Waals surface area contributed by atoms with Crippen LogP contribution in [0.1, 0.15) is 33.1 Å². The van der Waals surface area contributed by atoms with Gasteiger partial charge in [-0.1, -0.05) is 13.8 Å². The Labute approximate surface area is 119 Å². The minimum atomic E-state index is -3.60. The van der Waals surface area contributed by atoms with Crippen LogP contribution in [-0.4, -0.2) is 44.9 Å². The topological polar surface area (TPSA) is 110 Å². The van der Waals surface area contributed by atoms with Gasteiger partial charge in [0.1, 0.15) is 0 Å². The predicted molar refractivity (Wildman–Crippen MR) is 73.6 cm³/mol. The fraction of sp³-hybridized carbons (Fsp3) is 0.833. The van der Waals surface area contributed by atoms with E-state index in [1.54, 1.807) is 0 Å². The Morgan fingerprint density at radius 2 is 1.90 bits per heavy atom. The van der Waals surface area contributed by atoms with E-state index in [0.717, 1.165) is 0 Å². The first kappa shape index (κ1) is 18.9. The standard InChI is InChI=1S/C12H23NO6S/c1-9(2)6-10(7-11(14)15)8-13-20(17,18)5-4-12(16)19-3/h9-10,13H,4-8H2,1-3H3,(H,14,15)/t10-/m0/s1. The summed E-state index contributed by atoms with van der Waals surface area (Å²) in [5.74, 6) is -1.90. The number of carboxylic acid groups (broad SMARTS) is 1. The highest BCUT2D eigenvalue weighted by Crippen LogP contribution is 2.15. The molecule has 0 aromatic rings. The zero-order chi connectivity index (χ0) is 15.8. The van der Waals surface area contributed by atoms with E-state index in [1.165, 1.54) is 7.11 Å². The van der Waals surface area contributed by atoms with E-state index in [4.69, 9.17) is 5.11 Å². The Hall–Kier alpha value is -1.15. The molecule has 20 heavy (non-hydrogen) atoms. The first-order valence-corrected chi connectivity index (χ1v) is 8.07. The summed E-state index contributed by atoms with van der Waals surface area (Å²) in [5, 5.41) is 8.80. The zero-order valence-corrected chi connectivity index (χ0v) is 12.9. The number of hydrogen-bond acceptors (Lipinski definition) is 5. The van der Waals surface area contributed by atoms with Gasteiger partial charge in [-0.3, -0.25) is 9.59 Å². The number of aliphatic carboxylic acids is 1. The minimum absolute atomic E-state index is 0.0635. The van der Waals surface area contributed by atoms with Crippen molar-refractivity contribution in [1.29, 1.82) is 0 Å². The molecule has 0 saturated carbocycles. The molecule has 0 spiro atoms. The quantitative estimate of drug-likeness (QED) is 0.572. The molecule has 2 N–H and O–H groups in total. The highest BCUT2D eigenvalue weighted by molar-refractivity contribution is 7.89. The summed E-state index contributed by atoms with van der Waals surface area (Å²) in [7, 11) is -2.41. The molecule has 0 unspecified atom stereocenters. The maximum absolute atomic E-state index is 11.7. The largest absolute Gasteiger partial charge is 0.481 e. The number of sulfonamides is 1. The van der Waals surface area contributed by atoms with Gasteiger partial charge >= 0.3 is 11.9 Å². The molecule has 0 aromatic heterocycles. The van der Waals surface area contributed by atoms with E-state index in [2.05, 4.69) is 9.46 Å². The number of methoxy groups -OCH3 is 1. The fourth-order valence-corrected chi connectivity index (χ4v) is 2.86. The van der Waals surface area contributed by atoms with Gasteiger partial charge in [0.15, 0.2) is 0 Å². The first-order chi connectivity index (χ1) is 9.16. The zero-order valence-electron chi connectivity index (χ0n) is 12.1. The number of nitrogens with one attached hydrogen (secondary N) is 1. The maximum Gasteiger partial charge on any atom is 0.306 e. The molecule has 118 valence electrons. The molecule has 0 amide bonds. The Morgan fingerprint density at radius 1 is 1.30 bits per heavy atom. The van der Waals surface area contributed by atoms with Gasteiger partial charge in [0, 0.05) is 13.0 Å². The van der Waals surface area contributed by atoms with Crippen LogP contribution >= 0.6 is 0 Å². The Bertz CT molecular complexity index is 418. The van der Waals surface area contributed by atoms with E-state index in [1.807, 2.05) is 13.8 Å². The molecule has 0 aliphatic carbocycles. The second-order valence-electron chi connectivity index (χ2n) is 5.09. The minimum Gasteiger partial charge on any atom is -0.481 e. The molecule has 1 atom stereocenters. The van der Waals surface area contributed by atoms with Gasteiger partial charge in [-0.15, -0.1) is 0 Å². The number of carbonyl (C=O) groups excluding carboxylic acids is 1. The van der Waals surface area contributed by atoms with Crippen molar-refractivity contribution in [2.75, 3.05) is 19.4 Å². The van der Waals surface area contributed by atoms with Crippen LogP contribution in [0.15, 0.2) is 0 Å². The Morgan fingerprint density at radius 3 is 2.35 bits per heavy atom. The van der Waals surface area contributed by atoms with Gasteiger partial charge in [-0.25, -0.2) is 13.1 Å². The van der Waals surface area contributed by atoms with Crippen LogP contribution < -0.4 is 4.72 Å². The molecule has 0 heterocycles. The van der Waals surface area contributed by atoms with Crippen molar-refractivity contribution in [3.05, 3.63) is 0 Å². The Balaban J connectivity index is 4.36. The van der Waals surface area contributed by atoms with Crippen LogP contribution in [0, 0.1) is 11.8 Å². The van der Waals surface area contributed by atoms with Crippen molar-refractivity contribution in [3.8, 4) is 0 Å². The SMILES string of the molecule is COC(=O)CCS(=O)(=O)NC[C@H](CC(=O)O)CC(C)C. The van der Waals surface area contributed by atoms with Crippen LogP contribution in [0.3, 0.4) is 0 Å². The number of rotatable bonds is 10. The molecule has 0 aliphatic rings. The van der Waals surface area contributed by atoms with Gasteiger partial charge < -0.3 is 9.84 Å². The van der Waals surface area contributed by atoms with E-state index in [0.29, 0.717) is 6.42 Å². The summed E-state index contributed by atoms with van der Waals surface area (Å²) in [6.45, 7) is 3.95. The van der Waals surface area contributed by atoms with Crippen LogP contribution in [0.2, 0.25) is 0 Å². The number of carbonyl (C=O) groups is 2. The molecule has 0 fully saturated rings. The van der Waals surface area contributed by atoms with Crippen molar-refractivity contribution < 1.29 is 27.9 Å². The summed E-state index contributed by atoms with van der Waals surface area (Å²) in [6.07, 6.45) is 0.309. The first-order valence-electron chi connectivity index (χ1n) is 6.42. The molecular formula is C12H23NO6S. The van der Waals surface area contributed by atoms with Crippen molar-refractivity contribution in [1.82, 2.24) is 4.72 Å². The van der Waals surface area contributed by atoms with Gasteiger partial charge in [0.05, 0.1) is 19.3 Å². The van der Waals surface area contributed by atoms with Gasteiger partial charge in [-0.05, 0) is 18.3 Å². The lowest BCUT2D eigenvalue weighted by Gasteiger charge is -2.17. The highest BCUT2D eigenvalue weighted by atomic mass is 32.2. The predicted octanol–water partition coefficient (Wildman–Crippen LogP) is 0.606. The van der Waals surface area contributed by atoms with Gasteiger partial charge in [0.25, 0.3) is 0 Å². The van der Waals surface area contributed by atoms with Gasteiger partial charge in [0.2, 0.25) is 10.0 Å². The summed E-state index contributed by atoms with van der Waals surface area (Å²) >= 11 is 0. The molecule has 0 aromatic carbocycles. The van der Waals surface area contributed by atoms with Crippen LogP contribution in [0.4, 0.5) is 0 Å². The number of hydrogen-bond donors (Lipinski definition) is 2. The van der Waals surface area contributed by atoms with E-state index in [9.17, 15) is 18.0 Å². The molecule has 0 saturated heterocycles. The third kappa shape index (κ3) is 9.74. The second kappa shape index (κ2) is 8.91. The van der Waals surface area contributed by atoms with Crippen LogP contribution in [-0.2, 0) is 24.3 Å². The molecule has 0 bridgehead atoms. The molecule has 0 rings (SSSR count). The molecular weight excluding hydrogens is 286 g/mol. The number of carboxylic acids is 1. The van der Waals surface area contributed by atoms with Crippen LogP contribution in [0.5, 0.6) is 0 Å². The van der Waals surface area contributed by atoms with Crippen molar-refractivity contribution >= 4 is 22.0 Å². The Kier molecular flexibility index (Phi) is 8.40. The highest BCUT2D eigenvalue weighted by Gasteiger charge is 2.19. The number of esters is 1. The maximum atomic E-state index is 11.7. The lowest BCUT2D eigenvalue weighted by molar-refractivity contribution is -0.140. The van der Waals surface area contributed by atoms with E-state index >= 15 is 0 Å². The number of ether oxygens (including phenoxy) is 1.